The van der Waals surface area contributed by atoms with E-state index >= 15 is 0 Å². The molecule has 0 fully saturated rings. The Bertz CT molecular complexity index is 912. The first-order valence-corrected chi connectivity index (χ1v) is 7.85. The molecule has 1 aliphatic heterocycles. The first-order chi connectivity index (χ1) is 11.8. The molecule has 1 N–H and O–H groups in total. The lowest BCUT2D eigenvalue weighted by molar-refractivity contribution is 0.0924. The van der Waals surface area contributed by atoms with Gasteiger partial charge in [-0.2, -0.15) is 5.10 Å². The van der Waals surface area contributed by atoms with Crippen LogP contribution in [0, 0.1) is 0 Å². The van der Waals surface area contributed by atoms with Crippen molar-refractivity contribution >= 4 is 18.1 Å². The maximum absolute atomic E-state index is 11.9. The minimum Gasteiger partial charge on any atom is -0.349 e. The maximum atomic E-state index is 11.9. The average Bonchev–Trinajstić information content (AvgIpc) is 3.07. The number of fused-ring (bicyclic) bond motifs is 1. The third-order valence-corrected chi connectivity index (χ3v) is 3.94. The lowest BCUT2D eigenvalue weighted by Crippen LogP contribution is -2.35. The Morgan fingerprint density at radius 1 is 1.08 bits per heavy atom. The Labute approximate surface area is 139 Å². The molecule has 3 aromatic rings. The van der Waals surface area contributed by atoms with Gasteiger partial charge in [0.1, 0.15) is 5.69 Å². The zero-order valence-corrected chi connectivity index (χ0v) is 13.0. The van der Waals surface area contributed by atoms with Gasteiger partial charge in [-0.15, -0.1) is 0 Å². The zero-order valence-electron chi connectivity index (χ0n) is 13.0. The number of aromatic nitrogens is 3. The third kappa shape index (κ3) is 2.84. The summed E-state index contributed by atoms with van der Waals surface area (Å²) in [7, 11) is 0. The van der Waals surface area contributed by atoms with Crippen LogP contribution in [0.1, 0.15) is 21.7 Å². The summed E-state index contributed by atoms with van der Waals surface area (Å²) in [6.07, 6.45) is 5.76. The second-order valence-corrected chi connectivity index (χ2v) is 5.61. The van der Waals surface area contributed by atoms with E-state index in [1.165, 1.54) is 0 Å². The number of nitrogens with one attached hydrogen (secondary N) is 1. The fourth-order valence-corrected chi connectivity index (χ4v) is 2.72. The summed E-state index contributed by atoms with van der Waals surface area (Å²) >= 11 is 0. The molecule has 24 heavy (non-hydrogen) atoms. The molecule has 0 atom stereocenters. The fourth-order valence-electron chi connectivity index (χ4n) is 2.72. The van der Waals surface area contributed by atoms with Gasteiger partial charge in [0.2, 0.25) is 0 Å². The van der Waals surface area contributed by atoms with Gasteiger partial charge in [0.15, 0.2) is 0 Å². The van der Waals surface area contributed by atoms with Crippen molar-refractivity contribution in [2.24, 2.45) is 0 Å². The van der Waals surface area contributed by atoms with Crippen LogP contribution in [-0.2, 0) is 6.54 Å². The summed E-state index contributed by atoms with van der Waals surface area (Å²) in [5, 5.41) is 7.36. The number of rotatable bonds is 3. The molecule has 0 bridgehead atoms. The second-order valence-electron chi connectivity index (χ2n) is 5.61. The normalized spacial score (nSPS) is 13.8. The van der Waals surface area contributed by atoms with Crippen LogP contribution in [0.25, 0.3) is 23.4 Å². The van der Waals surface area contributed by atoms with Crippen molar-refractivity contribution < 1.29 is 4.79 Å². The van der Waals surface area contributed by atoms with Crippen molar-refractivity contribution in [1.82, 2.24) is 20.1 Å². The van der Waals surface area contributed by atoms with Crippen LogP contribution in [0.15, 0.2) is 54.7 Å². The van der Waals surface area contributed by atoms with Gasteiger partial charge in [-0.05, 0) is 29.8 Å². The molecule has 4 rings (SSSR count). The highest BCUT2D eigenvalue weighted by molar-refractivity contribution is 5.94. The number of pyridine rings is 1. The lowest BCUT2D eigenvalue weighted by atomic mass is 10.1. The Morgan fingerprint density at radius 3 is 2.79 bits per heavy atom. The topological polar surface area (TPSA) is 59.8 Å². The molecule has 3 heterocycles. The number of hydrogen-bond acceptors (Lipinski definition) is 3. The van der Waals surface area contributed by atoms with Crippen LogP contribution in [0.4, 0.5) is 0 Å². The van der Waals surface area contributed by atoms with Crippen molar-refractivity contribution in [3.63, 3.8) is 0 Å². The highest BCUT2D eigenvalue weighted by Gasteiger charge is 2.19. The summed E-state index contributed by atoms with van der Waals surface area (Å²) < 4.78 is 1.76. The Kier molecular flexibility index (Phi) is 3.67. The minimum absolute atomic E-state index is 0.0711. The average molecular weight is 316 g/mol. The standard InChI is InChI=1S/C19H16N4O/c24-19-18-13-17(22-23(18)11-10-21-19)15-8-9-20-16(12-15)7-6-14-4-2-1-3-5-14/h1-9,12-13H,10-11H2,(H,21,24)/b7-6+. The molecule has 5 nitrogen and oxygen atoms in total. The van der Waals surface area contributed by atoms with Gasteiger partial charge in [-0.1, -0.05) is 36.4 Å². The van der Waals surface area contributed by atoms with Gasteiger partial charge in [-0.25, -0.2) is 0 Å². The molecular formula is C19H16N4O. The largest absolute Gasteiger partial charge is 0.349 e. The van der Waals surface area contributed by atoms with Gasteiger partial charge in [0.05, 0.1) is 17.9 Å². The minimum atomic E-state index is -0.0711. The summed E-state index contributed by atoms with van der Waals surface area (Å²) in [6, 6.07) is 15.8. The van der Waals surface area contributed by atoms with Crippen LogP contribution in [0.3, 0.4) is 0 Å². The number of carbonyl (C=O) groups excluding carboxylic acids is 1. The second kappa shape index (κ2) is 6.12. The Hall–Kier alpha value is -3.21. The molecule has 5 heteroatoms. The number of nitrogens with zero attached hydrogens (tertiary/aromatic N) is 3. The molecule has 118 valence electrons. The van der Waals surface area contributed by atoms with Gasteiger partial charge in [0.25, 0.3) is 5.91 Å². The van der Waals surface area contributed by atoms with Crippen molar-refractivity contribution in [2.45, 2.75) is 6.54 Å². The van der Waals surface area contributed by atoms with E-state index in [-0.39, 0.29) is 5.91 Å². The molecule has 0 radical (unpaired) electrons. The van der Waals surface area contributed by atoms with E-state index in [0.29, 0.717) is 18.8 Å². The lowest BCUT2D eigenvalue weighted by Gasteiger charge is -2.13. The predicted molar refractivity (Wildman–Crippen MR) is 93.2 cm³/mol. The number of amides is 1. The number of carbonyl (C=O) groups is 1. The fraction of sp³-hybridized carbons (Fsp3) is 0.105. The van der Waals surface area contributed by atoms with E-state index in [2.05, 4.69) is 15.4 Å². The van der Waals surface area contributed by atoms with Crippen LogP contribution in [0.2, 0.25) is 0 Å². The van der Waals surface area contributed by atoms with Crippen molar-refractivity contribution in [3.8, 4) is 11.3 Å². The zero-order chi connectivity index (χ0) is 16.4. The van der Waals surface area contributed by atoms with Crippen LogP contribution in [-0.4, -0.2) is 27.2 Å². The highest BCUT2D eigenvalue weighted by atomic mass is 16.2. The molecule has 0 aliphatic carbocycles. The first-order valence-electron chi connectivity index (χ1n) is 7.85. The molecule has 1 aromatic carbocycles. The van der Waals surface area contributed by atoms with E-state index in [4.69, 9.17) is 0 Å². The number of benzene rings is 1. The summed E-state index contributed by atoms with van der Waals surface area (Å²) in [5.41, 5.74) is 4.33. The summed E-state index contributed by atoms with van der Waals surface area (Å²) in [6.45, 7) is 1.32. The molecule has 2 aromatic heterocycles. The quantitative estimate of drug-likeness (QED) is 0.808. The monoisotopic (exact) mass is 316 g/mol. The van der Waals surface area contributed by atoms with Gasteiger partial charge in [-0.3, -0.25) is 14.5 Å². The number of hydrogen-bond donors (Lipinski definition) is 1. The molecule has 1 amide bonds. The van der Waals surface area contributed by atoms with E-state index < -0.39 is 0 Å². The third-order valence-electron chi connectivity index (χ3n) is 3.94. The smallest absolute Gasteiger partial charge is 0.269 e. The van der Waals surface area contributed by atoms with Crippen LogP contribution in [0.5, 0.6) is 0 Å². The van der Waals surface area contributed by atoms with E-state index in [1.54, 1.807) is 10.9 Å². The van der Waals surface area contributed by atoms with Crippen molar-refractivity contribution in [3.05, 3.63) is 71.7 Å². The molecular weight excluding hydrogens is 300 g/mol. The molecule has 0 unspecified atom stereocenters. The van der Waals surface area contributed by atoms with Crippen molar-refractivity contribution in [2.75, 3.05) is 6.54 Å². The highest BCUT2D eigenvalue weighted by Crippen LogP contribution is 2.21. The molecule has 0 saturated heterocycles. The van der Waals surface area contributed by atoms with Gasteiger partial charge >= 0.3 is 0 Å². The summed E-state index contributed by atoms with van der Waals surface area (Å²) in [5.74, 6) is -0.0711. The first kappa shape index (κ1) is 14.4. The van der Waals surface area contributed by atoms with Crippen LogP contribution < -0.4 is 5.32 Å². The van der Waals surface area contributed by atoms with E-state index in [0.717, 1.165) is 22.5 Å². The molecule has 0 saturated carbocycles. The van der Waals surface area contributed by atoms with E-state index in [1.807, 2.05) is 60.7 Å². The van der Waals surface area contributed by atoms with Crippen LogP contribution >= 0.6 is 0 Å². The SMILES string of the molecule is O=C1NCCn2nc(-c3ccnc(/C=C/c4ccccc4)c3)cc21. The molecule has 1 aliphatic rings. The molecule has 0 spiro atoms. The Morgan fingerprint density at radius 2 is 1.96 bits per heavy atom. The van der Waals surface area contributed by atoms with Gasteiger partial charge < -0.3 is 5.32 Å². The predicted octanol–water partition coefficient (Wildman–Crippen LogP) is 2.86. The Balaban J connectivity index is 1.63. The van der Waals surface area contributed by atoms with Crippen molar-refractivity contribution in [1.29, 1.82) is 0 Å². The van der Waals surface area contributed by atoms with Gasteiger partial charge in [0, 0.05) is 18.3 Å². The van der Waals surface area contributed by atoms with E-state index in [9.17, 15) is 4.79 Å². The summed E-state index contributed by atoms with van der Waals surface area (Å²) in [4.78, 5) is 16.2. The maximum Gasteiger partial charge on any atom is 0.269 e.